The molecule has 0 saturated heterocycles. The van der Waals surface area contributed by atoms with Crippen molar-refractivity contribution in [2.75, 3.05) is 19.5 Å². The van der Waals surface area contributed by atoms with E-state index in [1.807, 2.05) is 27.7 Å². The van der Waals surface area contributed by atoms with Crippen LogP contribution in [0.15, 0.2) is 18.2 Å². The largest absolute Gasteiger partial charge is 0.497 e. The molecule has 1 rings (SSSR count). The lowest BCUT2D eigenvalue weighted by Gasteiger charge is -2.37. The molecular formula is C15H24N2O3. The molecule has 0 atom stereocenters. The van der Waals surface area contributed by atoms with Gasteiger partial charge in [0, 0.05) is 11.6 Å². The molecule has 5 nitrogen and oxygen atoms in total. The van der Waals surface area contributed by atoms with Crippen LogP contribution in [-0.2, 0) is 4.79 Å². The topological polar surface area (TPSA) is 73.6 Å². The number of hydrogen-bond donors (Lipinski definition) is 2. The summed E-state index contributed by atoms with van der Waals surface area (Å²) in [5.41, 5.74) is 5.26. The average molecular weight is 280 g/mol. The number of rotatable bonds is 5. The van der Waals surface area contributed by atoms with E-state index >= 15 is 0 Å². The molecule has 0 aliphatic rings. The molecule has 1 aromatic carbocycles. The molecule has 0 unspecified atom stereocenters. The van der Waals surface area contributed by atoms with Crippen molar-refractivity contribution >= 4 is 11.6 Å². The van der Waals surface area contributed by atoms with Gasteiger partial charge in [-0.05, 0) is 39.8 Å². The molecule has 20 heavy (non-hydrogen) atoms. The molecule has 0 heterocycles. The van der Waals surface area contributed by atoms with Gasteiger partial charge in [0.15, 0.2) is 0 Å². The molecule has 0 spiro atoms. The molecule has 1 aromatic rings. The lowest BCUT2D eigenvalue weighted by molar-refractivity contribution is -0.126. The number of benzene rings is 1. The first-order valence-corrected chi connectivity index (χ1v) is 6.46. The van der Waals surface area contributed by atoms with E-state index < -0.39 is 11.0 Å². The molecular weight excluding hydrogens is 256 g/mol. The minimum Gasteiger partial charge on any atom is -0.497 e. The highest BCUT2D eigenvalue weighted by molar-refractivity contribution is 5.97. The Bertz CT molecular complexity index is 490. The van der Waals surface area contributed by atoms with E-state index in [0.717, 1.165) is 0 Å². The van der Waals surface area contributed by atoms with Gasteiger partial charge in [-0.25, -0.2) is 0 Å². The van der Waals surface area contributed by atoms with Gasteiger partial charge in [-0.3, -0.25) is 4.79 Å². The van der Waals surface area contributed by atoms with Gasteiger partial charge in [0.25, 0.3) is 0 Å². The van der Waals surface area contributed by atoms with Crippen LogP contribution in [0.25, 0.3) is 0 Å². The zero-order valence-corrected chi connectivity index (χ0v) is 13.0. The van der Waals surface area contributed by atoms with Gasteiger partial charge in [0.05, 0.1) is 25.3 Å². The summed E-state index contributed by atoms with van der Waals surface area (Å²) in [5.74, 6) is 1.05. The summed E-state index contributed by atoms with van der Waals surface area (Å²) in [6.07, 6.45) is 0. The Morgan fingerprint density at radius 1 is 1.15 bits per heavy atom. The first-order chi connectivity index (χ1) is 9.13. The van der Waals surface area contributed by atoms with Crippen LogP contribution in [0.5, 0.6) is 11.5 Å². The molecule has 0 aliphatic heterocycles. The predicted molar refractivity (Wildman–Crippen MR) is 80.2 cm³/mol. The summed E-state index contributed by atoms with van der Waals surface area (Å²) in [5, 5.41) is 2.86. The maximum absolute atomic E-state index is 12.5. The number of carbonyl (C=O) groups is 1. The van der Waals surface area contributed by atoms with E-state index in [4.69, 9.17) is 15.2 Å². The summed E-state index contributed by atoms with van der Waals surface area (Å²) >= 11 is 0. The van der Waals surface area contributed by atoms with Gasteiger partial charge in [-0.15, -0.1) is 0 Å². The zero-order chi connectivity index (χ0) is 15.6. The molecule has 3 N–H and O–H groups in total. The van der Waals surface area contributed by atoms with E-state index in [-0.39, 0.29) is 5.91 Å². The molecule has 5 heteroatoms. The molecule has 0 radical (unpaired) electrons. The average Bonchev–Trinajstić information content (AvgIpc) is 2.37. The summed E-state index contributed by atoms with van der Waals surface area (Å²) < 4.78 is 10.4. The summed E-state index contributed by atoms with van der Waals surface area (Å²) in [7, 11) is 3.12. The summed E-state index contributed by atoms with van der Waals surface area (Å²) in [6.45, 7) is 7.29. The number of amides is 1. The van der Waals surface area contributed by atoms with Crippen LogP contribution in [-0.4, -0.2) is 25.7 Å². The fourth-order valence-electron chi connectivity index (χ4n) is 1.48. The number of nitrogens with two attached hydrogens (primary N) is 1. The standard InChI is InChI=1S/C15H24N2O3/c1-14(2,15(3,4)16)13(18)17-11-9-10(19-5)7-8-12(11)20-6/h7-9H,16H2,1-6H3,(H,17,18). The van der Waals surface area contributed by atoms with Gasteiger partial charge in [0.2, 0.25) is 5.91 Å². The maximum Gasteiger partial charge on any atom is 0.231 e. The first-order valence-electron chi connectivity index (χ1n) is 6.46. The van der Waals surface area contributed by atoms with Crippen molar-refractivity contribution < 1.29 is 14.3 Å². The van der Waals surface area contributed by atoms with Gasteiger partial charge >= 0.3 is 0 Å². The third-order valence-electron chi connectivity index (χ3n) is 3.83. The third kappa shape index (κ3) is 3.22. The number of carbonyl (C=O) groups excluding carboxylic acids is 1. The Labute approximate surface area is 120 Å². The van der Waals surface area contributed by atoms with E-state index in [9.17, 15) is 4.79 Å². The lowest BCUT2D eigenvalue weighted by Crippen LogP contribution is -2.53. The minimum atomic E-state index is -0.735. The van der Waals surface area contributed by atoms with E-state index in [2.05, 4.69) is 5.32 Å². The van der Waals surface area contributed by atoms with Gasteiger partial charge in [0.1, 0.15) is 11.5 Å². The number of methoxy groups -OCH3 is 2. The number of hydrogen-bond acceptors (Lipinski definition) is 4. The van der Waals surface area contributed by atoms with Crippen LogP contribution in [0.4, 0.5) is 5.69 Å². The van der Waals surface area contributed by atoms with Crippen LogP contribution in [0.1, 0.15) is 27.7 Å². The van der Waals surface area contributed by atoms with Crippen molar-refractivity contribution in [3.63, 3.8) is 0 Å². The first kappa shape index (κ1) is 16.3. The van der Waals surface area contributed by atoms with Gasteiger partial charge < -0.3 is 20.5 Å². The normalized spacial score (nSPS) is 11.9. The van der Waals surface area contributed by atoms with Crippen LogP contribution < -0.4 is 20.5 Å². The Morgan fingerprint density at radius 3 is 2.20 bits per heavy atom. The number of anilines is 1. The highest BCUT2D eigenvalue weighted by Gasteiger charge is 2.40. The van der Waals surface area contributed by atoms with E-state index in [1.165, 1.54) is 0 Å². The number of ether oxygens (including phenoxy) is 2. The highest BCUT2D eigenvalue weighted by atomic mass is 16.5. The van der Waals surface area contributed by atoms with Crippen LogP contribution in [0.2, 0.25) is 0 Å². The molecule has 0 fully saturated rings. The third-order valence-corrected chi connectivity index (χ3v) is 3.83. The Balaban J connectivity index is 3.07. The van der Waals surface area contributed by atoms with E-state index in [1.54, 1.807) is 32.4 Å². The van der Waals surface area contributed by atoms with Crippen molar-refractivity contribution in [1.82, 2.24) is 0 Å². The molecule has 0 aromatic heterocycles. The SMILES string of the molecule is COc1ccc(OC)c(NC(=O)C(C)(C)C(C)(C)N)c1. The second-order valence-corrected chi connectivity index (χ2v) is 5.87. The molecule has 0 aliphatic carbocycles. The summed E-state index contributed by atoms with van der Waals surface area (Å²) in [4.78, 5) is 12.5. The molecule has 0 bridgehead atoms. The highest BCUT2D eigenvalue weighted by Crippen LogP contribution is 2.33. The molecule has 112 valence electrons. The van der Waals surface area contributed by atoms with Gasteiger partial charge in [-0.2, -0.15) is 0 Å². The van der Waals surface area contributed by atoms with Crippen molar-refractivity contribution in [3.05, 3.63) is 18.2 Å². The minimum absolute atomic E-state index is 0.170. The van der Waals surface area contributed by atoms with Crippen molar-refractivity contribution in [2.24, 2.45) is 11.1 Å². The van der Waals surface area contributed by atoms with Crippen LogP contribution in [0.3, 0.4) is 0 Å². The second-order valence-electron chi connectivity index (χ2n) is 5.87. The second kappa shape index (κ2) is 5.71. The summed E-state index contributed by atoms with van der Waals surface area (Å²) in [6, 6.07) is 5.23. The van der Waals surface area contributed by atoms with Crippen molar-refractivity contribution in [2.45, 2.75) is 33.2 Å². The molecule has 0 saturated carbocycles. The zero-order valence-electron chi connectivity index (χ0n) is 13.0. The number of nitrogens with one attached hydrogen (secondary N) is 1. The van der Waals surface area contributed by atoms with Crippen LogP contribution in [0, 0.1) is 5.41 Å². The Hall–Kier alpha value is -1.75. The van der Waals surface area contributed by atoms with E-state index in [0.29, 0.717) is 17.2 Å². The van der Waals surface area contributed by atoms with Gasteiger partial charge in [-0.1, -0.05) is 0 Å². The van der Waals surface area contributed by atoms with Crippen molar-refractivity contribution in [1.29, 1.82) is 0 Å². The smallest absolute Gasteiger partial charge is 0.231 e. The Morgan fingerprint density at radius 2 is 1.75 bits per heavy atom. The quantitative estimate of drug-likeness (QED) is 0.868. The monoisotopic (exact) mass is 280 g/mol. The van der Waals surface area contributed by atoms with Crippen LogP contribution >= 0.6 is 0 Å². The maximum atomic E-state index is 12.5. The van der Waals surface area contributed by atoms with Crippen molar-refractivity contribution in [3.8, 4) is 11.5 Å². The fourth-order valence-corrected chi connectivity index (χ4v) is 1.48. The Kier molecular flexibility index (Phi) is 4.65. The fraction of sp³-hybridized carbons (Fsp3) is 0.533. The molecule has 1 amide bonds. The lowest BCUT2D eigenvalue weighted by atomic mass is 9.74. The predicted octanol–water partition coefficient (Wildman–Crippen LogP) is 2.41.